The molecule has 2 heterocycles. The number of nitrogens with one attached hydrogen (secondary N) is 1. The molecule has 0 bridgehead atoms. The zero-order valence-electron chi connectivity index (χ0n) is 19.0. The van der Waals surface area contributed by atoms with Crippen molar-refractivity contribution in [3.8, 4) is 0 Å². The maximum Gasteiger partial charge on any atom is 0.422 e. The highest BCUT2D eigenvalue weighted by Gasteiger charge is 2.41. The van der Waals surface area contributed by atoms with Crippen LogP contribution in [-0.4, -0.2) is 37.5 Å². The number of benzene rings is 1. The molecule has 3 rings (SSSR count). The molecular formula is C23H19F6NO6. The Morgan fingerprint density at radius 2 is 1.42 bits per heavy atom. The lowest BCUT2D eigenvalue weighted by Gasteiger charge is -2.30. The van der Waals surface area contributed by atoms with Crippen LogP contribution in [0.1, 0.15) is 31.1 Å². The molecule has 13 heteroatoms. The van der Waals surface area contributed by atoms with E-state index in [2.05, 4.69) is 14.8 Å². The molecule has 0 saturated carbocycles. The summed E-state index contributed by atoms with van der Waals surface area (Å²) in [4.78, 5) is 38.2. The normalized spacial score (nSPS) is 15.2. The van der Waals surface area contributed by atoms with Crippen LogP contribution in [-0.2, 0) is 19.1 Å². The molecule has 1 aliphatic heterocycles. The molecule has 1 aromatic carbocycles. The number of carbonyl (C=O) groups excluding carboxylic acids is 2. The van der Waals surface area contributed by atoms with E-state index in [1.54, 1.807) is 0 Å². The fraction of sp³-hybridized carbons (Fsp3) is 0.348. The lowest BCUT2D eigenvalue weighted by Crippen LogP contribution is -2.34. The van der Waals surface area contributed by atoms with Crippen LogP contribution in [0.2, 0.25) is 0 Å². The highest BCUT2D eigenvalue weighted by Crippen LogP contribution is 2.42. The largest absolute Gasteiger partial charge is 0.461 e. The monoisotopic (exact) mass is 519 g/mol. The number of ether oxygens (including phenoxy) is 2. The van der Waals surface area contributed by atoms with Gasteiger partial charge in [-0.1, -0.05) is 12.1 Å². The Bertz CT molecular complexity index is 1280. The van der Waals surface area contributed by atoms with Gasteiger partial charge in [-0.15, -0.1) is 0 Å². The van der Waals surface area contributed by atoms with Crippen molar-refractivity contribution in [2.24, 2.45) is 0 Å². The molecule has 0 radical (unpaired) electrons. The molecule has 1 aromatic heterocycles. The number of dihydropyridines is 1. The van der Waals surface area contributed by atoms with Crippen LogP contribution < -0.4 is 10.7 Å². The Labute approximate surface area is 199 Å². The molecule has 36 heavy (non-hydrogen) atoms. The Hall–Kier alpha value is -3.77. The van der Waals surface area contributed by atoms with Gasteiger partial charge in [0.1, 0.15) is 11.3 Å². The maximum atomic E-state index is 12.8. The van der Waals surface area contributed by atoms with Gasteiger partial charge < -0.3 is 19.2 Å². The summed E-state index contributed by atoms with van der Waals surface area (Å²) in [6.07, 6.45) is -9.74. The minimum atomic E-state index is -4.87. The van der Waals surface area contributed by atoms with Crippen LogP contribution in [0.25, 0.3) is 11.0 Å². The summed E-state index contributed by atoms with van der Waals surface area (Å²) >= 11 is 0. The van der Waals surface area contributed by atoms with E-state index in [1.165, 1.54) is 45.0 Å². The fourth-order valence-electron chi connectivity index (χ4n) is 3.84. The second-order valence-electron chi connectivity index (χ2n) is 7.96. The molecule has 0 saturated heterocycles. The number of halogens is 6. The minimum absolute atomic E-state index is 0.0120. The number of esters is 2. The zero-order chi connectivity index (χ0) is 27.0. The zero-order valence-corrected chi connectivity index (χ0v) is 19.0. The summed E-state index contributed by atoms with van der Waals surface area (Å²) in [6.45, 7) is 0.167. The quantitative estimate of drug-likeness (QED) is 0.458. The fourth-order valence-corrected chi connectivity index (χ4v) is 3.84. The molecular weight excluding hydrogens is 500 g/mol. The predicted octanol–water partition coefficient (Wildman–Crippen LogP) is 4.55. The number of aryl methyl sites for hydroxylation is 1. The minimum Gasteiger partial charge on any atom is -0.461 e. The van der Waals surface area contributed by atoms with Crippen LogP contribution in [0.4, 0.5) is 26.3 Å². The maximum absolute atomic E-state index is 12.8. The third kappa shape index (κ3) is 5.89. The number of allylic oxidation sites excluding steroid dienone is 2. The van der Waals surface area contributed by atoms with Gasteiger partial charge in [0, 0.05) is 23.0 Å². The van der Waals surface area contributed by atoms with E-state index >= 15 is 0 Å². The van der Waals surface area contributed by atoms with Crippen molar-refractivity contribution < 1.29 is 49.8 Å². The molecule has 1 aliphatic rings. The number of fused-ring (bicyclic) bond motifs is 1. The molecule has 0 atom stereocenters. The van der Waals surface area contributed by atoms with Crippen molar-refractivity contribution in [1.29, 1.82) is 0 Å². The van der Waals surface area contributed by atoms with Crippen LogP contribution in [0.15, 0.2) is 56.0 Å². The smallest absolute Gasteiger partial charge is 0.422 e. The first kappa shape index (κ1) is 26.8. The molecule has 2 aromatic rings. The van der Waals surface area contributed by atoms with Gasteiger partial charge in [0.15, 0.2) is 18.6 Å². The van der Waals surface area contributed by atoms with E-state index in [0.717, 1.165) is 0 Å². The van der Waals surface area contributed by atoms with Crippen molar-refractivity contribution >= 4 is 22.9 Å². The molecule has 0 unspecified atom stereocenters. The Kier molecular flexibility index (Phi) is 7.23. The summed E-state index contributed by atoms with van der Waals surface area (Å²) in [5, 5.41) is 2.62. The standard InChI is InChI=1S/C23H19F6NO6/c1-10-7-15(31)13-5-4-6-14(19(13)36-10)18-16(20(32)34-8-22(24,25)26)11(2)30-12(3)17(18)21(33)35-9-23(27,28)29/h4-7,18,30H,8-9H2,1-3H3. The topological polar surface area (TPSA) is 94.8 Å². The number of rotatable bonds is 5. The molecule has 0 aliphatic carbocycles. The highest BCUT2D eigenvalue weighted by molar-refractivity contribution is 6.01. The second-order valence-corrected chi connectivity index (χ2v) is 7.96. The predicted molar refractivity (Wildman–Crippen MR) is 113 cm³/mol. The lowest BCUT2D eigenvalue weighted by atomic mass is 9.79. The van der Waals surface area contributed by atoms with Crippen molar-refractivity contribution in [3.63, 3.8) is 0 Å². The van der Waals surface area contributed by atoms with E-state index in [-0.39, 0.29) is 33.7 Å². The molecule has 0 spiro atoms. The third-order valence-corrected chi connectivity index (χ3v) is 5.15. The summed E-state index contributed by atoms with van der Waals surface area (Å²) in [5.74, 6) is -4.41. The first-order chi connectivity index (χ1) is 16.6. The molecule has 0 fully saturated rings. The number of hydrogen-bond acceptors (Lipinski definition) is 7. The molecule has 194 valence electrons. The lowest BCUT2D eigenvalue weighted by molar-refractivity contribution is -0.184. The van der Waals surface area contributed by atoms with E-state index < -0.39 is 60.0 Å². The average molecular weight is 519 g/mol. The SMILES string of the molecule is CC1=C(C(=O)OCC(F)(F)F)C(c2cccc3c(=O)cc(C)oc23)C(C(=O)OCC(F)(F)F)=C(C)N1. The summed E-state index contributed by atoms with van der Waals surface area (Å²) < 4.78 is 90.8. The number of hydrogen-bond donors (Lipinski definition) is 1. The number of alkyl halides is 6. The highest BCUT2D eigenvalue weighted by atomic mass is 19.4. The number of carbonyl (C=O) groups is 2. The van der Waals surface area contributed by atoms with Gasteiger partial charge in [0.05, 0.1) is 22.5 Å². The van der Waals surface area contributed by atoms with E-state index in [4.69, 9.17) is 4.42 Å². The Morgan fingerprint density at radius 3 is 1.89 bits per heavy atom. The summed E-state index contributed by atoms with van der Waals surface area (Å²) in [7, 11) is 0. The van der Waals surface area contributed by atoms with Gasteiger partial charge >= 0.3 is 24.3 Å². The molecule has 0 amide bonds. The Balaban J connectivity index is 2.24. The number of para-hydroxylation sites is 1. The second kappa shape index (κ2) is 9.70. The van der Waals surface area contributed by atoms with E-state index in [9.17, 15) is 40.7 Å². The van der Waals surface area contributed by atoms with Gasteiger partial charge in [-0.05, 0) is 26.8 Å². The van der Waals surface area contributed by atoms with Gasteiger partial charge in [0.25, 0.3) is 0 Å². The Morgan fingerprint density at radius 1 is 0.917 bits per heavy atom. The first-order valence-corrected chi connectivity index (χ1v) is 10.3. The molecule has 1 N–H and O–H groups in total. The van der Waals surface area contributed by atoms with E-state index in [0.29, 0.717) is 0 Å². The first-order valence-electron chi connectivity index (χ1n) is 10.3. The molecule has 7 nitrogen and oxygen atoms in total. The van der Waals surface area contributed by atoms with Crippen molar-refractivity contribution in [1.82, 2.24) is 5.32 Å². The van der Waals surface area contributed by atoms with Gasteiger partial charge in [-0.25, -0.2) is 9.59 Å². The van der Waals surface area contributed by atoms with Crippen molar-refractivity contribution in [3.05, 3.63) is 68.4 Å². The summed E-state index contributed by atoms with van der Waals surface area (Å²) in [5.41, 5.74) is -1.69. The van der Waals surface area contributed by atoms with Crippen LogP contribution in [0.5, 0.6) is 0 Å². The van der Waals surface area contributed by atoms with E-state index in [1.807, 2.05) is 0 Å². The van der Waals surface area contributed by atoms with Crippen LogP contribution in [0, 0.1) is 6.92 Å². The third-order valence-electron chi connectivity index (χ3n) is 5.15. The van der Waals surface area contributed by atoms with Gasteiger partial charge in [0.2, 0.25) is 0 Å². The van der Waals surface area contributed by atoms with Crippen LogP contribution >= 0.6 is 0 Å². The van der Waals surface area contributed by atoms with Crippen molar-refractivity contribution in [2.75, 3.05) is 13.2 Å². The summed E-state index contributed by atoms with van der Waals surface area (Å²) in [6, 6.07) is 5.25. The van der Waals surface area contributed by atoms with Crippen molar-refractivity contribution in [2.45, 2.75) is 39.0 Å². The van der Waals surface area contributed by atoms with Crippen LogP contribution in [0.3, 0.4) is 0 Å². The average Bonchev–Trinajstić information content (AvgIpc) is 2.74. The van der Waals surface area contributed by atoms with Gasteiger partial charge in [-0.2, -0.15) is 26.3 Å². The van der Waals surface area contributed by atoms with Gasteiger partial charge in [-0.3, -0.25) is 4.79 Å².